The van der Waals surface area contributed by atoms with Crippen LogP contribution in [0.25, 0.3) is 11.1 Å². The van der Waals surface area contributed by atoms with Crippen LogP contribution >= 0.6 is 11.8 Å². The molecule has 3 aromatic rings. The van der Waals surface area contributed by atoms with Gasteiger partial charge in [-0.05, 0) is 77.9 Å². The van der Waals surface area contributed by atoms with Crippen molar-refractivity contribution < 1.29 is 23.0 Å². The number of alkyl halides is 1. The third-order valence-corrected chi connectivity index (χ3v) is 7.87. The number of benzene rings is 3. The first-order valence-corrected chi connectivity index (χ1v) is 13.1. The fourth-order valence-corrected chi connectivity index (χ4v) is 6.04. The van der Waals surface area contributed by atoms with E-state index in [1.807, 2.05) is 30.3 Å². The van der Waals surface area contributed by atoms with E-state index in [4.69, 9.17) is 4.74 Å². The molecule has 0 spiro atoms. The van der Waals surface area contributed by atoms with Crippen LogP contribution in [0.3, 0.4) is 0 Å². The summed E-state index contributed by atoms with van der Waals surface area (Å²) in [5.41, 5.74) is 3.77. The third-order valence-electron chi connectivity index (χ3n) is 6.79. The van der Waals surface area contributed by atoms with Crippen molar-refractivity contribution in [3.63, 3.8) is 0 Å². The van der Waals surface area contributed by atoms with Gasteiger partial charge in [0.1, 0.15) is 17.6 Å². The van der Waals surface area contributed by atoms with Crippen LogP contribution in [0, 0.1) is 18.6 Å². The number of phenolic OH excluding ortho intramolecular Hbond substituents is 1. The molecule has 0 amide bonds. The van der Waals surface area contributed by atoms with Crippen LogP contribution in [0.1, 0.15) is 35.1 Å². The van der Waals surface area contributed by atoms with Crippen LogP contribution in [0.5, 0.6) is 11.5 Å². The number of phenols is 1. The molecule has 188 valence electrons. The second kappa shape index (κ2) is 10.6. The molecule has 1 saturated heterocycles. The van der Waals surface area contributed by atoms with E-state index >= 15 is 4.39 Å². The molecule has 0 saturated carbocycles. The molecule has 5 rings (SSSR count). The Morgan fingerprint density at radius 3 is 2.58 bits per heavy atom. The zero-order chi connectivity index (χ0) is 25.2. The number of fused-ring (bicyclic) bond motifs is 1. The Morgan fingerprint density at radius 1 is 1.03 bits per heavy atom. The van der Waals surface area contributed by atoms with Gasteiger partial charge in [-0.15, -0.1) is 11.8 Å². The Kier molecular flexibility index (Phi) is 7.30. The number of ether oxygens (including phenoxy) is 1. The summed E-state index contributed by atoms with van der Waals surface area (Å²) in [4.78, 5) is 3.11. The van der Waals surface area contributed by atoms with Crippen LogP contribution in [0.4, 0.5) is 13.2 Å². The number of halogens is 3. The lowest BCUT2D eigenvalue weighted by molar-refractivity contribution is 0.198. The molecular formula is C29H28F3NO2S. The average molecular weight is 512 g/mol. The molecule has 2 aliphatic rings. The molecule has 2 aliphatic heterocycles. The van der Waals surface area contributed by atoms with Crippen LogP contribution in [-0.4, -0.2) is 48.2 Å². The Bertz CT molecular complexity index is 1290. The largest absolute Gasteiger partial charge is 0.508 e. The zero-order valence-electron chi connectivity index (χ0n) is 20.1. The molecule has 0 unspecified atom stereocenters. The summed E-state index contributed by atoms with van der Waals surface area (Å²) >= 11 is 1.49. The van der Waals surface area contributed by atoms with Gasteiger partial charge in [0, 0.05) is 35.8 Å². The number of hydrogen-bond acceptors (Lipinski definition) is 4. The molecule has 0 bridgehead atoms. The van der Waals surface area contributed by atoms with Gasteiger partial charge in [-0.25, -0.2) is 8.78 Å². The highest BCUT2D eigenvalue weighted by Crippen LogP contribution is 2.46. The van der Waals surface area contributed by atoms with Gasteiger partial charge in [0.25, 0.3) is 0 Å². The minimum absolute atomic E-state index is 0.0599. The summed E-state index contributed by atoms with van der Waals surface area (Å²) in [6.45, 7) is 3.67. The molecule has 36 heavy (non-hydrogen) atoms. The molecule has 0 aromatic heterocycles. The fourth-order valence-electron chi connectivity index (χ4n) is 4.92. The predicted molar refractivity (Wildman–Crippen MR) is 138 cm³/mol. The van der Waals surface area contributed by atoms with Gasteiger partial charge < -0.3 is 9.84 Å². The van der Waals surface area contributed by atoms with Gasteiger partial charge in [0.2, 0.25) is 0 Å². The Morgan fingerprint density at radius 2 is 1.81 bits per heavy atom. The Labute approximate surface area is 213 Å². The predicted octanol–water partition coefficient (Wildman–Crippen LogP) is 6.86. The third kappa shape index (κ3) is 5.00. The summed E-state index contributed by atoms with van der Waals surface area (Å²) in [6.07, 6.45) is 1.50. The van der Waals surface area contributed by atoms with Crippen molar-refractivity contribution in [2.45, 2.75) is 30.8 Å². The maximum atomic E-state index is 15.1. The number of nitrogens with zero attached hydrogens (tertiary/aromatic N) is 1. The minimum atomic E-state index is -0.844. The molecule has 0 radical (unpaired) electrons. The number of aromatic hydroxyl groups is 1. The molecule has 7 heteroatoms. The molecule has 1 fully saturated rings. The first-order valence-electron chi connectivity index (χ1n) is 12.1. The lowest BCUT2D eigenvalue weighted by atomic mass is 9.89. The topological polar surface area (TPSA) is 32.7 Å². The van der Waals surface area contributed by atoms with Gasteiger partial charge in [0.05, 0.1) is 6.67 Å². The molecule has 3 nitrogen and oxygen atoms in total. The van der Waals surface area contributed by atoms with Crippen molar-refractivity contribution in [1.29, 1.82) is 0 Å². The highest BCUT2D eigenvalue weighted by Gasteiger charge is 2.26. The SMILES string of the molecule is Cc1ccc(C2=C(c3ccc(O[C@H]4CCN(CCCF)C4)cc3)c3ccc(O)cc3SC2)c(F)c1F. The second-order valence-electron chi connectivity index (χ2n) is 9.28. The minimum Gasteiger partial charge on any atom is -0.508 e. The average Bonchev–Trinajstić information content (AvgIpc) is 3.33. The van der Waals surface area contributed by atoms with Crippen LogP contribution in [-0.2, 0) is 0 Å². The van der Waals surface area contributed by atoms with E-state index in [-0.39, 0.29) is 29.7 Å². The lowest BCUT2D eigenvalue weighted by Crippen LogP contribution is -2.26. The quantitative estimate of drug-likeness (QED) is 0.376. The second-order valence-corrected chi connectivity index (χ2v) is 10.3. The van der Waals surface area contributed by atoms with Crippen LogP contribution < -0.4 is 4.74 Å². The van der Waals surface area contributed by atoms with Crippen molar-refractivity contribution >= 4 is 22.9 Å². The highest BCUT2D eigenvalue weighted by molar-refractivity contribution is 7.99. The van der Waals surface area contributed by atoms with E-state index in [0.717, 1.165) is 53.4 Å². The standard InChI is InChI=1S/C29H28F3NO2S/c1-18-3-9-23(29(32)28(18)31)25-17-36-26-15-20(34)6-10-24(26)27(25)19-4-7-21(8-5-19)35-22-11-14-33(16-22)13-2-12-30/h3-10,15,22,34H,2,11-14,16-17H2,1H3/t22-/m0/s1. The summed E-state index contributed by atoms with van der Waals surface area (Å²) in [7, 11) is 0. The number of hydrogen-bond donors (Lipinski definition) is 1. The molecular weight excluding hydrogens is 483 g/mol. The highest BCUT2D eigenvalue weighted by atomic mass is 32.2. The molecule has 0 aliphatic carbocycles. The number of thioether (sulfide) groups is 1. The van der Waals surface area contributed by atoms with E-state index in [0.29, 0.717) is 17.7 Å². The summed E-state index contributed by atoms with van der Waals surface area (Å²) in [6, 6.07) is 16.1. The molecule has 3 aromatic carbocycles. The number of likely N-dealkylation sites (tertiary alicyclic amines) is 1. The van der Waals surface area contributed by atoms with E-state index < -0.39 is 11.6 Å². The number of aryl methyl sites for hydroxylation is 1. The molecule has 2 heterocycles. The number of rotatable bonds is 7. The van der Waals surface area contributed by atoms with E-state index in [2.05, 4.69) is 4.90 Å². The Balaban J connectivity index is 1.48. The van der Waals surface area contributed by atoms with E-state index in [1.54, 1.807) is 31.2 Å². The maximum absolute atomic E-state index is 15.1. The maximum Gasteiger partial charge on any atom is 0.166 e. The van der Waals surface area contributed by atoms with Crippen molar-refractivity contribution in [1.82, 2.24) is 4.90 Å². The first kappa shape index (κ1) is 24.8. The zero-order valence-corrected chi connectivity index (χ0v) is 20.9. The van der Waals surface area contributed by atoms with Crippen molar-refractivity contribution in [2.24, 2.45) is 0 Å². The van der Waals surface area contributed by atoms with Crippen LogP contribution in [0.15, 0.2) is 59.5 Å². The van der Waals surface area contributed by atoms with Crippen molar-refractivity contribution in [3.05, 3.63) is 88.5 Å². The van der Waals surface area contributed by atoms with Gasteiger partial charge in [-0.2, -0.15) is 0 Å². The smallest absolute Gasteiger partial charge is 0.166 e. The summed E-state index contributed by atoms with van der Waals surface area (Å²) in [5.74, 6) is -0.329. The van der Waals surface area contributed by atoms with Crippen LogP contribution in [0.2, 0.25) is 0 Å². The van der Waals surface area contributed by atoms with E-state index in [9.17, 15) is 13.9 Å². The monoisotopic (exact) mass is 511 g/mol. The van der Waals surface area contributed by atoms with Gasteiger partial charge in [-0.1, -0.05) is 24.3 Å². The normalized spacial score (nSPS) is 17.9. The fraction of sp³-hybridized carbons (Fsp3) is 0.310. The van der Waals surface area contributed by atoms with Crippen molar-refractivity contribution in [2.75, 3.05) is 32.1 Å². The summed E-state index contributed by atoms with van der Waals surface area (Å²) in [5, 5.41) is 10.0. The van der Waals surface area contributed by atoms with Gasteiger partial charge >= 0.3 is 0 Å². The molecule has 1 N–H and O–H groups in total. The van der Waals surface area contributed by atoms with E-state index in [1.165, 1.54) is 11.8 Å². The van der Waals surface area contributed by atoms with Gasteiger partial charge in [-0.3, -0.25) is 9.29 Å². The molecule has 1 atom stereocenters. The first-order chi connectivity index (χ1) is 17.4. The summed E-state index contributed by atoms with van der Waals surface area (Å²) < 4.78 is 48.2. The lowest BCUT2D eigenvalue weighted by Gasteiger charge is -2.25. The van der Waals surface area contributed by atoms with Crippen molar-refractivity contribution in [3.8, 4) is 11.5 Å². The Hall–Kier alpha value is -2.90. The van der Waals surface area contributed by atoms with Gasteiger partial charge in [0.15, 0.2) is 11.6 Å².